The van der Waals surface area contributed by atoms with Gasteiger partial charge in [-0.15, -0.1) is 0 Å². The minimum Gasteiger partial charge on any atom is -0.387 e. The number of fused-ring (bicyclic) bond motifs is 1. The van der Waals surface area contributed by atoms with Gasteiger partial charge in [-0.3, -0.25) is 0 Å². The molecule has 0 radical (unpaired) electrons. The monoisotopic (exact) mass is 260 g/mol. The largest absolute Gasteiger partial charge is 0.387 e. The number of rotatable bonds is 1. The Morgan fingerprint density at radius 3 is 2.22 bits per heavy atom. The second-order valence-electron chi connectivity index (χ2n) is 5.93. The molecule has 3 saturated heterocycles. The lowest BCUT2D eigenvalue weighted by Crippen LogP contribution is -2.42. The van der Waals surface area contributed by atoms with Crippen LogP contribution in [0.25, 0.3) is 0 Å². The van der Waals surface area contributed by atoms with E-state index < -0.39 is 36.2 Å². The Kier molecular flexibility index (Phi) is 2.75. The smallest absolute Gasteiger partial charge is 0.190 e. The van der Waals surface area contributed by atoms with E-state index >= 15 is 0 Å². The number of aliphatic hydroxyl groups excluding tert-OH is 1. The Morgan fingerprint density at radius 1 is 0.944 bits per heavy atom. The van der Waals surface area contributed by atoms with Crippen LogP contribution in [-0.2, 0) is 23.7 Å². The third-order valence-corrected chi connectivity index (χ3v) is 3.45. The zero-order chi connectivity index (χ0) is 13.1. The summed E-state index contributed by atoms with van der Waals surface area (Å²) < 4.78 is 28.1. The molecule has 1 N–H and O–H groups in total. The zero-order valence-electron chi connectivity index (χ0n) is 11.1. The predicted octanol–water partition coefficient (Wildman–Crippen LogP) is 0.375. The lowest BCUT2D eigenvalue weighted by Gasteiger charge is -2.26. The van der Waals surface area contributed by atoms with Gasteiger partial charge >= 0.3 is 0 Å². The summed E-state index contributed by atoms with van der Waals surface area (Å²) >= 11 is 0. The Balaban J connectivity index is 1.68. The van der Waals surface area contributed by atoms with Crippen molar-refractivity contribution in [1.29, 1.82) is 0 Å². The summed E-state index contributed by atoms with van der Waals surface area (Å²) in [4.78, 5) is 0. The van der Waals surface area contributed by atoms with Crippen LogP contribution in [0.2, 0.25) is 0 Å². The summed E-state index contributed by atoms with van der Waals surface area (Å²) in [7, 11) is 0. The average molecular weight is 260 g/mol. The van der Waals surface area contributed by atoms with Gasteiger partial charge in [0.05, 0.1) is 6.61 Å². The fourth-order valence-corrected chi connectivity index (χ4v) is 2.70. The second kappa shape index (κ2) is 3.88. The highest BCUT2D eigenvalue weighted by Gasteiger charge is 2.57. The van der Waals surface area contributed by atoms with Gasteiger partial charge in [-0.1, -0.05) is 0 Å². The van der Waals surface area contributed by atoms with Crippen molar-refractivity contribution in [1.82, 2.24) is 0 Å². The number of hydrogen-bond acceptors (Lipinski definition) is 6. The number of hydrogen-bond donors (Lipinski definition) is 1. The molecule has 3 rings (SSSR count). The molecule has 2 unspecified atom stereocenters. The summed E-state index contributed by atoms with van der Waals surface area (Å²) in [5.74, 6) is -1.35. The van der Waals surface area contributed by atoms with Gasteiger partial charge in [0.15, 0.2) is 17.9 Å². The lowest BCUT2D eigenvalue weighted by molar-refractivity contribution is -0.232. The molecule has 0 aromatic carbocycles. The minimum atomic E-state index is -0.765. The molecule has 3 heterocycles. The van der Waals surface area contributed by atoms with Gasteiger partial charge in [0, 0.05) is 0 Å². The average Bonchev–Trinajstić information content (AvgIpc) is 2.81. The molecular weight excluding hydrogens is 240 g/mol. The van der Waals surface area contributed by atoms with E-state index in [-0.39, 0.29) is 6.10 Å². The molecule has 0 spiro atoms. The van der Waals surface area contributed by atoms with Crippen LogP contribution in [0.5, 0.6) is 0 Å². The van der Waals surface area contributed by atoms with Crippen LogP contribution in [0, 0.1) is 0 Å². The first-order valence-corrected chi connectivity index (χ1v) is 6.28. The topological polar surface area (TPSA) is 66.4 Å². The summed E-state index contributed by atoms with van der Waals surface area (Å²) in [5, 5.41) is 10.3. The highest BCUT2D eigenvalue weighted by Crippen LogP contribution is 2.40. The molecule has 0 saturated carbocycles. The van der Waals surface area contributed by atoms with E-state index in [0.29, 0.717) is 6.61 Å². The Bertz CT molecular complexity index is 341. The molecule has 0 amide bonds. The first kappa shape index (κ1) is 12.8. The Hall–Kier alpha value is -0.240. The van der Waals surface area contributed by atoms with Crippen molar-refractivity contribution in [3.05, 3.63) is 0 Å². The van der Waals surface area contributed by atoms with E-state index in [1.165, 1.54) is 0 Å². The third-order valence-electron chi connectivity index (χ3n) is 3.45. The van der Waals surface area contributed by atoms with Gasteiger partial charge in [0.1, 0.15) is 24.4 Å². The van der Waals surface area contributed by atoms with Crippen LogP contribution in [0.1, 0.15) is 27.7 Å². The van der Waals surface area contributed by atoms with E-state index in [4.69, 9.17) is 23.7 Å². The molecule has 0 aliphatic carbocycles. The summed E-state index contributed by atoms with van der Waals surface area (Å²) in [5.41, 5.74) is 0. The van der Waals surface area contributed by atoms with Crippen LogP contribution in [0.15, 0.2) is 0 Å². The van der Waals surface area contributed by atoms with Crippen molar-refractivity contribution in [2.75, 3.05) is 6.61 Å². The molecule has 18 heavy (non-hydrogen) atoms. The standard InChI is InChI=1S/C12H20O6/c1-11(2)14-5-6(16-11)8-7(13)9-10(15-8)18-12(3,4)17-9/h6-10,13H,5H2,1-4H3/t6-,7-,8?,9-,10?/m1/s1. The summed E-state index contributed by atoms with van der Waals surface area (Å²) in [6.45, 7) is 7.68. The zero-order valence-corrected chi connectivity index (χ0v) is 11.1. The highest BCUT2D eigenvalue weighted by atomic mass is 16.8. The predicted molar refractivity (Wildman–Crippen MR) is 59.6 cm³/mol. The van der Waals surface area contributed by atoms with E-state index in [0.717, 1.165) is 0 Å². The summed E-state index contributed by atoms with van der Waals surface area (Å²) in [6, 6.07) is 0. The quantitative estimate of drug-likeness (QED) is 0.735. The van der Waals surface area contributed by atoms with Crippen molar-refractivity contribution in [3.63, 3.8) is 0 Å². The number of ether oxygens (including phenoxy) is 5. The fourth-order valence-electron chi connectivity index (χ4n) is 2.70. The van der Waals surface area contributed by atoms with E-state index in [1.807, 2.05) is 13.8 Å². The van der Waals surface area contributed by atoms with Crippen molar-refractivity contribution in [2.24, 2.45) is 0 Å². The van der Waals surface area contributed by atoms with Crippen LogP contribution in [0.4, 0.5) is 0 Å². The summed E-state index contributed by atoms with van der Waals surface area (Å²) in [6.07, 6.45) is -2.53. The molecule has 3 aliphatic rings. The highest BCUT2D eigenvalue weighted by molar-refractivity contribution is 4.97. The molecule has 3 fully saturated rings. The first-order chi connectivity index (χ1) is 8.27. The van der Waals surface area contributed by atoms with E-state index in [1.54, 1.807) is 13.8 Å². The van der Waals surface area contributed by atoms with E-state index in [9.17, 15) is 5.11 Å². The van der Waals surface area contributed by atoms with Gasteiger partial charge in [0.25, 0.3) is 0 Å². The van der Waals surface area contributed by atoms with Crippen LogP contribution >= 0.6 is 0 Å². The van der Waals surface area contributed by atoms with Gasteiger partial charge in [-0.25, -0.2) is 0 Å². The maximum Gasteiger partial charge on any atom is 0.190 e. The number of aliphatic hydroxyl groups is 1. The minimum absolute atomic E-state index is 0.295. The molecule has 5 atom stereocenters. The molecule has 0 aromatic heterocycles. The maximum atomic E-state index is 10.3. The van der Waals surface area contributed by atoms with Crippen LogP contribution in [-0.4, -0.2) is 54.0 Å². The second-order valence-corrected chi connectivity index (χ2v) is 5.93. The molecule has 3 aliphatic heterocycles. The molecule has 6 heteroatoms. The SMILES string of the molecule is CC1(C)OC[C@H](C2OC3OC(C)(C)O[C@@H]3[C@@H]2O)O1. The lowest BCUT2D eigenvalue weighted by atomic mass is 10.1. The van der Waals surface area contributed by atoms with Crippen molar-refractivity contribution in [2.45, 2.75) is 70.0 Å². The van der Waals surface area contributed by atoms with Crippen LogP contribution < -0.4 is 0 Å². The molecular formula is C12H20O6. The fraction of sp³-hybridized carbons (Fsp3) is 1.00. The first-order valence-electron chi connectivity index (χ1n) is 6.28. The third kappa shape index (κ3) is 2.07. The van der Waals surface area contributed by atoms with E-state index in [2.05, 4.69) is 0 Å². The Morgan fingerprint density at radius 2 is 1.67 bits per heavy atom. The van der Waals surface area contributed by atoms with Crippen LogP contribution in [0.3, 0.4) is 0 Å². The molecule has 0 bridgehead atoms. The molecule has 0 aromatic rings. The normalized spacial score (nSPS) is 49.5. The van der Waals surface area contributed by atoms with Crippen molar-refractivity contribution < 1.29 is 28.8 Å². The van der Waals surface area contributed by atoms with Gasteiger partial charge in [-0.05, 0) is 27.7 Å². The van der Waals surface area contributed by atoms with Crippen molar-refractivity contribution >= 4 is 0 Å². The maximum absolute atomic E-state index is 10.3. The van der Waals surface area contributed by atoms with Gasteiger partial charge < -0.3 is 28.8 Å². The molecule has 6 nitrogen and oxygen atoms in total. The molecule has 104 valence electrons. The van der Waals surface area contributed by atoms with Gasteiger partial charge in [-0.2, -0.15) is 0 Å². The Labute approximate surface area is 106 Å². The van der Waals surface area contributed by atoms with Crippen molar-refractivity contribution in [3.8, 4) is 0 Å². The van der Waals surface area contributed by atoms with Gasteiger partial charge in [0.2, 0.25) is 0 Å².